The fourth-order valence-electron chi connectivity index (χ4n) is 1.31. The molecule has 0 amide bonds. The Balaban J connectivity index is 2.64. The highest BCUT2D eigenvalue weighted by Gasteiger charge is 2.08. The number of aromatic nitrogens is 3. The zero-order chi connectivity index (χ0) is 11.0. The lowest BCUT2D eigenvalue weighted by Gasteiger charge is -1.98. The number of nitrogens with zero attached hydrogens (tertiary/aromatic N) is 3. The van der Waals surface area contributed by atoms with Gasteiger partial charge in [0, 0.05) is 7.05 Å². The van der Waals surface area contributed by atoms with Crippen molar-refractivity contribution in [2.45, 2.75) is 6.92 Å². The molecule has 0 atom stereocenters. The van der Waals surface area contributed by atoms with E-state index >= 15 is 0 Å². The Bertz CT molecular complexity index is 556. The Labute approximate surface area is 85.6 Å². The summed E-state index contributed by atoms with van der Waals surface area (Å²) in [6.07, 6.45) is 0. The van der Waals surface area contributed by atoms with Gasteiger partial charge < -0.3 is 0 Å². The van der Waals surface area contributed by atoms with Crippen LogP contribution < -0.4 is 5.69 Å². The SMILES string of the molecule is Cc1nn(-c2cccc(F)c2)c(=O)n1C. The minimum absolute atomic E-state index is 0.280. The van der Waals surface area contributed by atoms with Gasteiger partial charge in [0.1, 0.15) is 11.6 Å². The molecule has 0 aliphatic rings. The molecule has 0 N–H and O–H groups in total. The van der Waals surface area contributed by atoms with Gasteiger partial charge in [-0.2, -0.15) is 9.78 Å². The van der Waals surface area contributed by atoms with E-state index in [2.05, 4.69) is 5.10 Å². The number of benzene rings is 1. The average molecular weight is 207 g/mol. The molecule has 0 unspecified atom stereocenters. The fourth-order valence-corrected chi connectivity index (χ4v) is 1.31. The summed E-state index contributed by atoms with van der Waals surface area (Å²) in [4.78, 5) is 11.6. The number of aryl methyl sites for hydroxylation is 1. The summed E-state index contributed by atoms with van der Waals surface area (Å²) >= 11 is 0. The summed E-state index contributed by atoms with van der Waals surface area (Å²) in [5.41, 5.74) is 0.154. The minimum Gasteiger partial charge on any atom is -0.282 e. The van der Waals surface area contributed by atoms with Crippen LogP contribution in [0.25, 0.3) is 5.69 Å². The Morgan fingerprint density at radius 2 is 2.13 bits per heavy atom. The molecule has 5 heteroatoms. The first kappa shape index (κ1) is 9.64. The van der Waals surface area contributed by atoms with Crippen LogP contribution in [0.1, 0.15) is 5.82 Å². The summed E-state index contributed by atoms with van der Waals surface area (Å²) in [6.45, 7) is 1.72. The molecule has 15 heavy (non-hydrogen) atoms. The molecule has 0 saturated heterocycles. The third-order valence-corrected chi connectivity index (χ3v) is 2.25. The van der Waals surface area contributed by atoms with Crippen LogP contribution in [0.3, 0.4) is 0 Å². The van der Waals surface area contributed by atoms with Crippen molar-refractivity contribution in [1.29, 1.82) is 0 Å². The van der Waals surface area contributed by atoms with Crippen molar-refractivity contribution in [2.24, 2.45) is 7.05 Å². The zero-order valence-corrected chi connectivity index (χ0v) is 8.44. The molecule has 0 fully saturated rings. The first-order valence-electron chi connectivity index (χ1n) is 4.48. The molecule has 1 aromatic heterocycles. The Hall–Kier alpha value is -1.91. The van der Waals surface area contributed by atoms with Crippen LogP contribution in [0.2, 0.25) is 0 Å². The topological polar surface area (TPSA) is 39.8 Å². The van der Waals surface area contributed by atoms with Gasteiger partial charge in [0.05, 0.1) is 5.69 Å². The van der Waals surface area contributed by atoms with Crippen molar-refractivity contribution in [3.05, 3.63) is 46.4 Å². The molecular weight excluding hydrogens is 197 g/mol. The molecule has 0 aliphatic heterocycles. The van der Waals surface area contributed by atoms with Crippen molar-refractivity contribution >= 4 is 0 Å². The Morgan fingerprint density at radius 1 is 1.40 bits per heavy atom. The van der Waals surface area contributed by atoms with E-state index in [0.717, 1.165) is 0 Å². The van der Waals surface area contributed by atoms with Gasteiger partial charge in [0.15, 0.2) is 0 Å². The van der Waals surface area contributed by atoms with Crippen LogP contribution in [-0.4, -0.2) is 14.3 Å². The van der Waals surface area contributed by atoms with Crippen molar-refractivity contribution in [3.63, 3.8) is 0 Å². The maximum Gasteiger partial charge on any atom is 0.350 e. The monoisotopic (exact) mass is 207 g/mol. The molecular formula is C10H10FN3O. The van der Waals surface area contributed by atoms with Crippen LogP contribution in [0.4, 0.5) is 4.39 Å². The lowest BCUT2D eigenvalue weighted by molar-refractivity contribution is 0.624. The van der Waals surface area contributed by atoms with E-state index in [4.69, 9.17) is 0 Å². The first-order chi connectivity index (χ1) is 7.09. The highest BCUT2D eigenvalue weighted by molar-refractivity contribution is 5.30. The lowest BCUT2D eigenvalue weighted by atomic mass is 10.3. The molecule has 4 nitrogen and oxygen atoms in total. The van der Waals surface area contributed by atoms with Gasteiger partial charge in [0.25, 0.3) is 0 Å². The quantitative estimate of drug-likeness (QED) is 0.700. The summed E-state index contributed by atoms with van der Waals surface area (Å²) in [6, 6.07) is 5.77. The van der Waals surface area contributed by atoms with Crippen LogP contribution in [-0.2, 0) is 7.05 Å². The largest absolute Gasteiger partial charge is 0.350 e. The molecule has 0 aliphatic carbocycles. The molecule has 0 radical (unpaired) electrons. The average Bonchev–Trinajstić information content (AvgIpc) is 2.46. The van der Waals surface area contributed by atoms with E-state index < -0.39 is 0 Å². The fraction of sp³-hybridized carbons (Fsp3) is 0.200. The predicted molar refractivity (Wildman–Crippen MR) is 53.5 cm³/mol. The number of hydrogen-bond acceptors (Lipinski definition) is 2. The molecule has 0 spiro atoms. The highest BCUT2D eigenvalue weighted by atomic mass is 19.1. The van der Waals surface area contributed by atoms with Gasteiger partial charge in [-0.1, -0.05) is 6.07 Å². The molecule has 2 rings (SSSR count). The molecule has 2 aromatic rings. The second-order valence-corrected chi connectivity index (χ2v) is 3.28. The smallest absolute Gasteiger partial charge is 0.282 e. The third kappa shape index (κ3) is 1.56. The summed E-state index contributed by atoms with van der Waals surface area (Å²) in [7, 11) is 1.63. The van der Waals surface area contributed by atoms with E-state index in [1.165, 1.54) is 21.4 Å². The number of hydrogen-bond donors (Lipinski definition) is 0. The van der Waals surface area contributed by atoms with Gasteiger partial charge >= 0.3 is 5.69 Å². The van der Waals surface area contributed by atoms with Crippen LogP contribution in [0.5, 0.6) is 0 Å². The number of halogens is 1. The minimum atomic E-state index is -0.386. The zero-order valence-electron chi connectivity index (χ0n) is 8.44. The maximum absolute atomic E-state index is 12.9. The first-order valence-corrected chi connectivity index (χ1v) is 4.48. The predicted octanol–water partition coefficient (Wildman–Crippen LogP) is 1.02. The second-order valence-electron chi connectivity index (χ2n) is 3.28. The van der Waals surface area contributed by atoms with Gasteiger partial charge in [-0.05, 0) is 25.1 Å². The second kappa shape index (κ2) is 3.34. The van der Waals surface area contributed by atoms with Crippen molar-refractivity contribution in [2.75, 3.05) is 0 Å². The van der Waals surface area contributed by atoms with E-state index in [-0.39, 0.29) is 11.5 Å². The Morgan fingerprint density at radius 3 is 2.67 bits per heavy atom. The maximum atomic E-state index is 12.9. The van der Waals surface area contributed by atoms with Crippen LogP contribution >= 0.6 is 0 Å². The van der Waals surface area contributed by atoms with Gasteiger partial charge in [-0.15, -0.1) is 0 Å². The molecule has 0 saturated carbocycles. The summed E-state index contributed by atoms with van der Waals surface area (Å²) in [5.74, 6) is 0.201. The van der Waals surface area contributed by atoms with Gasteiger partial charge in [0.2, 0.25) is 0 Å². The molecule has 0 bridgehead atoms. The van der Waals surface area contributed by atoms with Crippen LogP contribution in [0.15, 0.2) is 29.1 Å². The Kier molecular flexibility index (Phi) is 2.15. The summed E-state index contributed by atoms with van der Waals surface area (Å²) in [5, 5.41) is 4.02. The van der Waals surface area contributed by atoms with Gasteiger partial charge in [-0.25, -0.2) is 9.18 Å². The van der Waals surface area contributed by atoms with E-state index in [1.807, 2.05) is 0 Å². The van der Waals surface area contributed by atoms with Crippen molar-refractivity contribution in [3.8, 4) is 5.69 Å². The molecule has 1 heterocycles. The number of rotatable bonds is 1. The third-order valence-electron chi connectivity index (χ3n) is 2.25. The molecule has 1 aromatic carbocycles. The van der Waals surface area contributed by atoms with Crippen molar-refractivity contribution < 1.29 is 4.39 Å². The molecule has 78 valence electrons. The van der Waals surface area contributed by atoms with Gasteiger partial charge in [-0.3, -0.25) is 4.57 Å². The summed E-state index contributed by atoms with van der Waals surface area (Å²) < 4.78 is 15.5. The van der Waals surface area contributed by atoms with Crippen LogP contribution in [0, 0.1) is 12.7 Å². The van der Waals surface area contributed by atoms with E-state index in [0.29, 0.717) is 11.5 Å². The highest BCUT2D eigenvalue weighted by Crippen LogP contribution is 2.06. The lowest BCUT2D eigenvalue weighted by Crippen LogP contribution is -2.21. The van der Waals surface area contributed by atoms with Crippen molar-refractivity contribution in [1.82, 2.24) is 14.3 Å². The van der Waals surface area contributed by atoms with E-state index in [1.54, 1.807) is 26.1 Å². The standard InChI is InChI=1S/C10H10FN3O/c1-7-12-14(10(15)13(7)2)9-5-3-4-8(11)6-9/h3-6H,1-2H3. The normalized spacial score (nSPS) is 10.6. The van der Waals surface area contributed by atoms with E-state index in [9.17, 15) is 9.18 Å².